The number of likely N-dealkylation sites (N-methyl/N-ethyl adjacent to an activating group) is 1. The zero-order chi connectivity index (χ0) is 20.5. The number of quaternary nitrogens is 1. The van der Waals surface area contributed by atoms with E-state index in [1.54, 1.807) is 6.92 Å². The number of carbonyl (C=O) groups excluding carboxylic acids is 1. The number of rotatable bonds is 17. The molecule has 0 aromatic rings. The first-order valence-corrected chi connectivity index (χ1v) is 11.9. The Morgan fingerprint density at radius 1 is 1.07 bits per heavy atom. The van der Waals surface area contributed by atoms with Crippen LogP contribution in [0, 0.1) is 0 Å². The number of nitrogens with zero attached hydrogens (tertiary/aromatic N) is 2. The predicted octanol–water partition coefficient (Wildman–Crippen LogP) is 5.63. The van der Waals surface area contributed by atoms with Crippen molar-refractivity contribution in [1.82, 2.24) is 5.32 Å². The normalized spacial score (nSPS) is 21.6. The molecule has 4 nitrogen and oxygen atoms in total. The lowest BCUT2D eigenvalue weighted by atomic mass is 10.0. The molecule has 1 aliphatic heterocycles. The van der Waals surface area contributed by atoms with Crippen molar-refractivity contribution in [1.29, 1.82) is 0 Å². The van der Waals surface area contributed by atoms with E-state index in [1.165, 1.54) is 77.0 Å². The summed E-state index contributed by atoms with van der Waals surface area (Å²) >= 11 is 0. The van der Waals surface area contributed by atoms with E-state index in [2.05, 4.69) is 37.5 Å². The van der Waals surface area contributed by atoms with Gasteiger partial charge in [-0.2, -0.15) is 0 Å². The molecular weight excluding hydrogens is 346 g/mol. The number of allylic oxidation sites excluding steroid dienone is 2. The van der Waals surface area contributed by atoms with Crippen LogP contribution in [-0.4, -0.2) is 48.9 Å². The molecule has 1 rings (SSSR count). The van der Waals surface area contributed by atoms with Crippen LogP contribution >= 0.6 is 0 Å². The topological polar surface area (TPSA) is 41.5 Å². The van der Waals surface area contributed by atoms with Gasteiger partial charge in [0.25, 0.3) is 0 Å². The van der Waals surface area contributed by atoms with Crippen LogP contribution in [0.2, 0.25) is 0 Å². The summed E-state index contributed by atoms with van der Waals surface area (Å²) in [6, 6.07) is 0. The second kappa shape index (κ2) is 15.7. The molecule has 0 spiro atoms. The van der Waals surface area contributed by atoms with Gasteiger partial charge in [0, 0.05) is 13.3 Å². The van der Waals surface area contributed by atoms with Gasteiger partial charge in [0.1, 0.15) is 6.54 Å². The van der Waals surface area contributed by atoms with Crippen molar-refractivity contribution >= 4 is 12.1 Å². The van der Waals surface area contributed by atoms with Gasteiger partial charge in [-0.15, -0.1) is 0 Å². The Morgan fingerprint density at radius 3 is 2.25 bits per heavy atom. The first-order chi connectivity index (χ1) is 13.6. The van der Waals surface area contributed by atoms with Crippen molar-refractivity contribution in [2.24, 2.45) is 4.99 Å². The first-order valence-electron chi connectivity index (χ1n) is 11.9. The van der Waals surface area contributed by atoms with E-state index in [-0.39, 0.29) is 5.91 Å². The van der Waals surface area contributed by atoms with Crippen LogP contribution in [0.4, 0.5) is 0 Å². The van der Waals surface area contributed by atoms with Gasteiger partial charge >= 0.3 is 0 Å². The van der Waals surface area contributed by atoms with Crippen molar-refractivity contribution in [3.63, 3.8) is 0 Å². The van der Waals surface area contributed by atoms with Crippen LogP contribution in [0.15, 0.2) is 17.1 Å². The third-order valence-electron chi connectivity index (χ3n) is 6.23. The molecule has 0 radical (unpaired) electrons. The standard InChI is InChI=1S/C24H45N3O/c1-4-6-7-8-9-10-11-12-13-14-15-16-17-18-24-26-20-22-27(24,5-2)21-19-25-23(3)28/h4,6,20,24H,5,7-19,21-22H2,1-3H3/p+1/b6-4+. The number of carbonyl (C=O) groups is 1. The molecule has 1 N–H and O–H groups in total. The minimum atomic E-state index is 0.0690. The fourth-order valence-electron chi connectivity index (χ4n) is 4.31. The van der Waals surface area contributed by atoms with Gasteiger partial charge in [0.15, 0.2) is 6.17 Å². The maximum absolute atomic E-state index is 11.1. The third-order valence-corrected chi connectivity index (χ3v) is 6.23. The quantitative estimate of drug-likeness (QED) is 0.195. The second-order valence-corrected chi connectivity index (χ2v) is 8.42. The average molecular weight is 393 g/mol. The van der Waals surface area contributed by atoms with Crippen molar-refractivity contribution < 1.29 is 9.28 Å². The molecule has 0 saturated carbocycles. The molecule has 1 aliphatic rings. The fourth-order valence-corrected chi connectivity index (χ4v) is 4.31. The summed E-state index contributed by atoms with van der Waals surface area (Å²) in [6.07, 6.45) is 23.2. The minimum Gasteiger partial charge on any atom is -0.351 e. The van der Waals surface area contributed by atoms with E-state index >= 15 is 0 Å². The number of aliphatic imine (C=N–C) groups is 1. The first kappa shape index (κ1) is 24.9. The summed E-state index contributed by atoms with van der Waals surface area (Å²) in [6.45, 7) is 9.84. The molecule has 0 bridgehead atoms. The van der Waals surface area contributed by atoms with Crippen LogP contribution in [0.1, 0.15) is 97.8 Å². The van der Waals surface area contributed by atoms with E-state index < -0.39 is 0 Å². The van der Waals surface area contributed by atoms with E-state index in [1.807, 2.05) is 0 Å². The van der Waals surface area contributed by atoms with Crippen LogP contribution in [-0.2, 0) is 4.79 Å². The van der Waals surface area contributed by atoms with Gasteiger partial charge in [-0.1, -0.05) is 63.5 Å². The number of unbranched alkanes of at least 4 members (excludes halogenated alkanes) is 10. The highest BCUT2D eigenvalue weighted by atomic mass is 16.1. The zero-order valence-corrected chi connectivity index (χ0v) is 18.9. The summed E-state index contributed by atoms with van der Waals surface area (Å²) in [5.41, 5.74) is 0. The Morgan fingerprint density at radius 2 is 1.68 bits per heavy atom. The maximum Gasteiger partial charge on any atom is 0.217 e. The van der Waals surface area contributed by atoms with Gasteiger partial charge in [0.2, 0.25) is 5.91 Å². The maximum atomic E-state index is 11.1. The Bertz CT molecular complexity index is 461. The SMILES string of the molecule is C/C=C/CCCCCCCCCCCCC1N=CC[N+]1(CC)CCNC(C)=O. The molecule has 0 aromatic carbocycles. The molecule has 1 amide bonds. The van der Waals surface area contributed by atoms with Crippen LogP contribution < -0.4 is 5.32 Å². The molecule has 28 heavy (non-hydrogen) atoms. The van der Waals surface area contributed by atoms with Crippen LogP contribution in [0.5, 0.6) is 0 Å². The zero-order valence-electron chi connectivity index (χ0n) is 18.9. The van der Waals surface area contributed by atoms with Crippen molar-refractivity contribution in [2.75, 3.05) is 26.2 Å². The smallest absolute Gasteiger partial charge is 0.217 e. The summed E-state index contributed by atoms with van der Waals surface area (Å²) in [7, 11) is 0. The molecule has 162 valence electrons. The lowest BCUT2D eigenvalue weighted by Gasteiger charge is -2.38. The molecule has 0 fully saturated rings. The summed E-state index contributed by atoms with van der Waals surface area (Å²) in [4.78, 5) is 15.9. The predicted molar refractivity (Wildman–Crippen MR) is 122 cm³/mol. The highest BCUT2D eigenvalue weighted by Gasteiger charge is 2.37. The molecular formula is C24H46N3O+. The monoisotopic (exact) mass is 392 g/mol. The summed E-state index contributed by atoms with van der Waals surface area (Å²) in [5.74, 6) is 0.0690. The highest BCUT2D eigenvalue weighted by Crippen LogP contribution is 2.24. The summed E-state index contributed by atoms with van der Waals surface area (Å²) < 4.78 is 1.02. The average Bonchev–Trinajstić information content (AvgIpc) is 3.08. The van der Waals surface area contributed by atoms with Crippen molar-refractivity contribution in [3.8, 4) is 0 Å². The molecule has 0 aromatic heterocycles. The lowest BCUT2D eigenvalue weighted by molar-refractivity contribution is -0.935. The van der Waals surface area contributed by atoms with Gasteiger partial charge < -0.3 is 5.32 Å². The van der Waals surface area contributed by atoms with Crippen molar-refractivity contribution in [2.45, 2.75) is 104 Å². The van der Waals surface area contributed by atoms with Gasteiger partial charge in [-0.25, -0.2) is 4.99 Å². The Balaban J connectivity index is 2.03. The highest BCUT2D eigenvalue weighted by molar-refractivity contribution is 5.72. The minimum absolute atomic E-state index is 0.0690. The number of hydrogen-bond donors (Lipinski definition) is 1. The third kappa shape index (κ3) is 10.4. The van der Waals surface area contributed by atoms with Gasteiger partial charge in [0.05, 0.1) is 25.8 Å². The largest absolute Gasteiger partial charge is 0.351 e. The Kier molecular flexibility index (Phi) is 14.0. The van der Waals surface area contributed by atoms with E-state index in [0.717, 1.165) is 30.7 Å². The number of hydrogen-bond acceptors (Lipinski definition) is 2. The fraction of sp³-hybridized carbons (Fsp3) is 0.833. The Labute approximate surface area is 174 Å². The van der Waals surface area contributed by atoms with Crippen LogP contribution in [0.3, 0.4) is 0 Å². The molecule has 2 unspecified atom stereocenters. The van der Waals surface area contributed by atoms with Crippen molar-refractivity contribution in [3.05, 3.63) is 12.2 Å². The van der Waals surface area contributed by atoms with E-state index in [9.17, 15) is 4.79 Å². The van der Waals surface area contributed by atoms with Crippen LogP contribution in [0.25, 0.3) is 0 Å². The molecule has 1 heterocycles. The summed E-state index contributed by atoms with van der Waals surface area (Å²) in [5, 5.41) is 2.96. The van der Waals surface area contributed by atoms with E-state index in [0.29, 0.717) is 6.17 Å². The van der Waals surface area contributed by atoms with Gasteiger partial charge in [-0.05, 0) is 33.1 Å². The second-order valence-electron chi connectivity index (χ2n) is 8.42. The van der Waals surface area contributed by atoms with Gasteiger partial charge in [-0.3, -0.25) is 9.28 Å². The number of nitrogens with one attached hydrogen (secondary N) is 1. The van der Waals surface area contributed by atoms with E-state index in [4.69, 9.17) is 4.99 Å². The number of amides is 1. The lowest BCUT2D eigenvalue weighted by Crippen LogP contribution is -2.55. The molecule has 0 saturated heterocycles. The Hall–Kier alpha value is -1.16. The molecule has 0 aliphatic carbocycles. The molecule has 4 heteroatoms. The molecule has 2 atom stereocenters.